The highest BCUT2D eigenvalue weighted by Crippen LogP contribution is 2.31. The van der Waals surface area contributed by atoms with Crippen LogP contribution in [0.15, 0.2) is 24.3 Å². The second kappa shape index (κ2) is 8.13. The number of nitrogens with zero attached hydrogens (tertiary/aromatic N) is 2. The Morgan fingerprint density at radius 3 is 2.64 bits per heavy atom. The lowest BCUT2D eigenvalue weighted by Crippen LogP contribution is -2.42. The Hall–Kier alpha value is -1.62. The fourth-order valence-corrected chi connectivity index (χ4v) is 3.00. The molecule has 1 fully saturated rings. The third-order valence-electron chi connectivity index (χ3n) is 4.37. The van der Waals surface area contributed by atoms with Crippen LogP contribution < -0.4 is 5.32 Å². The summed E-state index contributed by atoms with van der Waals surface area (Å²) >= 11 is 0. The van der Waals surface area contributed by atoms with Gasteiger partial charge in [0.05, 0.1) is 6.04 Å². The van der Waals surface area contributed by atoms with Gasteiger partial charge in [0.25, 0.3) is 0 Å². The molecule has 122 valence electrons. The zero-order valence-electron chi connectivity index (χ0n) is 13.5. The van der Waals surface area contributed by atoms with Crippen LogP contribution in [0.5, 0.6) is 0 Å². The van der Waals surface area contributed by atoms with Crippen LogP contribution in [-0.2, 0) is 0 Å². The smallest absolute Gasteiger partial charge is 0.317 e. The van der Waals surface area contributed by atoms with Gasteiger partial charge >= 0.3 is 6.03 Å². The van der Waals surface area contributed by atoms with Crippen molar-refractivity contribution in [3.8, 4) is 0 Å². The van der Waals surface area contributed by atoms with E-state index in [0.29, 0.717) is 6.54 Å². The normalized spacial score (nSPS) is 18.0. The molecule has 2 rings (SSSR count). The highest BCUT2D eigenvalue weighted by Gasteiger charge is 2.29. The number of halogens is 1. The number of amides is 2. The zero-order valence-corrected chi connectivity index (χ0v) is 13.5. The number of likely N-dealkylation sites (N-methyl/N-ethyl adjacent to an activating group) is 1. The predicted molar refractivity (Wildman–Crippen MR) is 86.3 cm³/mol. The summed E-state index contributed by atoms with van der Waals surface area (Å²) in [6.07, 6.45) is 1.93. The number of carbonyl (C=O) groups is 1. The second-order valence-corrected chi connectivity index (χ2v) is 5.66. The topological polar surface area (TPSA) is 35.6 Å². The molecule has 0 spiro atoms. The van der Waals surface area contributed by atoms with E-state index >= 15 is 0 Å². The number of benzene rings is 1. The first kappa shape index (κ1) is 16.7. The van der Waals surface area contributed by atoms with Crippen LogP contribution in [0.3, 0.4) is 0 Å². The van der Waals surface area contributed by atoms with Gasteiger partial charge in [-0.1, -0.05) is 26.0 Å². The van der Waals surface area contributed by atoms with E-state index in [0.717, 1.165) is 44.6 Å². The Morgan fingerprint density at radius 1 is 1.32 bits per heavy atom. The van der Waals surface area contributed by atoms with Crippen LogP contribution in [0, 0.1) is 5.82 Å². The van der Waals surface area contributed by atoms with E-state index in [1.165, 1.54) is 12.1 Å². The van der Waals surface area contributed by atoms with Crippen molar-refractivity contribution in [2.75, 3.05) is 32.7 Å². The van der Waals surface area contributed by atoms with Crippen molar-refractivity contribution in [3.05, 3.63) is 35.6 Å². The minimum absolute atomic E-state index is 0.0148. The number of hydrogen-bond acceptors (Lipinski definition) is 2. The Morgan fingerprint density at radius 2 is 2.00 bits per heavy atom. The molecule has 22 heavy (non-hydrogen) atoms. The zero-order chi connectivity index (χ0) is 15.9. The Balaban J connectivity index is 1.89. The van der Waals surface area contributed by atoms with Crippen LogP contribution in [0.4, 0.5) is 9.18 Å². The highest BCUT2D eigenvalue weighted by molar-refractivity contribution is 5.75. The van der Waals surface area contributed by atoms with E-state index in [2.05, 4.69) is 24.1 Å². The fourth-order valence-electron chi connectivity index (χ4n) is 3.00. The Bertz CT molecular complexity index is 473. The van der Waals surface area contributed by atoms with Crippen molar-refractivity contribution in [2.24, 2.45) is 0 Å². The molecular weight excluding hydrogens is 281 g/mol. The standard InChI is InChI=1S/C17H26FN3O/c1-3-20(4-2)13-11-19-17(22)21-12-5-6-16(21)14-7-9-15(18)10-8-14/h7-10,16H,3-6,11-13H2,1-2H3,(H,19,22)/t16-/m1/s1. The van der Waals surface area contributed by atoms with Gasteiger partial charge in [-0.05, 0) is 43.6 Å². The molecule has 5 heteroatoms. The molecule has 1 aliphatic heterocycles. The van der Waals surface area contributed by atoms with Crippen LogP contribution >= 0.6 is 0 Å². The van der Waals surface area contributed by atoms with E-state index < -0.39 is 0 Å². The molecule has 4 nitrogen and oxygen atoms in total. The van der Waals surface area contributed by atoms with E-state index in [1.54, 1.807) is 12.1 Å². The lowest BCUT2D eigenvalue weighted by atomic mass is 10.0. The molecule has 1 N–H and O–H groups in total. The molecule has 0 aliphatic carbocycles. The largest absolute Gasteiger partial charge is 0.337 e. The number of rotatable bonds is 6. The number of hydrogen-bond donors (Lipinski definition) is 1. The van der Waals surface area contributed by atoms with Gasteiger partial charge in [0.2, 0.25) is 0 Å². The van der Waals surface area contributed by atoms with Gasteiger partial charge in [-0.25, -0.2) is 9.18 Å². The highest BCUT2D eigenvalue weighted by atomic mass is 19.1. The molecule has 0 bridgehead atoms. The number of nitrogens with one attached hydrogen (secondary N) is 1. The third-order valence-corrected chi connectivity index (χ3v) is 4.37. The van der Waals surface area contributed by atoms with Gasteiger partial charge in [0.15, 0.2) is 0 Å². The van der Waals surface area contributed by atoms with Crippen LogP contribution in [0.2, 0.25) is 0 Å². The predicted octanol–water partition coefficient (Wildman–Crippen LogP) is 3.01. The second-order valence-electron chi connectivity index (χ2n) is 5.66. The summed E-state index contributed by atoms with van der Waals surface area (Å²) in [6.45, 7) is 8.52. The molecule has 1 atom stereocenters. The maximum Gasteiger partial charge on any atom is 0.317 e. The number of likely N-dealkylation sites (tertiary alicyclic amines) is 1. The van der Waals surface area contributed by atoms with Crippen molar-refractivity contribution >= 4 is 6.03 Å². The molecule has 0 saturated carbocycles. The van der Waals surface area contributed by atoms with Gasteiger partial charge in [-0.3, -0.25) is 0 Å². The SMILES string of the molecule is CCN(CC)CCNC(=O)N1CCC[C@@H]1c1ccc(F)cc1. The molecular formula is C17H26FN3O. The maximum absolute atomic E-state index is 13.0. The first-order valence-corrected chi connectivity index (χ1v) is 8.18. The van der Waals surface area contributed by atoms with Crippen LogP contribution in [0.25, 0.3) is 0 Å². The van der Waals surface area contributed by atoms with Crippen molar-refractivity contribution in [1.29, 1.82) is 0 Å². The molecule has 0 aromatic heterocycles. The number of urea groups is 1. The molecule has 1 heterocycles. The van der Waals surface area contributed by atoms with Gasteiger partial charge < -0.3 is 15.1 Å². The summed E-state index contributed by atoms with van der Waals surface area (Å²) in [6, 6.07) is 6.53. The summed E-state index contributed by atoms with van der Waals surface area (Å²) in [4.78, 5) is 16.5. The summed E-state index contributed by atoms with van der Waals surface area (Å²) in [5.41, 5.74) is 1.01. The molecule has 0 unspecified atom stereocenters. The van der Waals surface area contributed by atoms with Gasteiger partial charge in [-0.15, -0.1) is 0 Å². The molecule has 1 saturated heterocycles. The lowest BCUT2D eigenvalue weighted by Gasteiger charge is -2.26. The maximum atomic E-state index is 13.0. The molecule has 1 aromatic rings. The number of carbonyl (C=O) groups excluding carboxylic acids is 1. The molecule has 2 amide bonds. The Kier molecular flexibility index (Phi) is 6.19. The van der Waals surface area contributed by atoms with Crippen molar-refractivity contribution in [3.63, 3.8) is 0 Å². The minimum atomic E-state index is -0.239. The van der Waals surface area contributed by atoms with E-state index in [4.69, 9.17) is 0 Å². The average Bonchev–Trinajstić information content (AvgIpc) is 3.02. The summed E-state index contributed by atoms with van der Waals surface area (Å²) in [5.74, 6) is -0.239. The quantitative estimate of drug-likeness (QED) is 0.877. The summed E-state index contributed by atoms with van der Waals surface area (Å²) in [7, 11) is 0. The first-order valence-electron chi connectivity index (χ1n) is 8.18. The molecule has 1 aromatic carbocycles. The first-order chi connectivity index (χ1) is 10.7. The van der Waals surface area contributed by atoms with Crippen molar-refractivity contribution in [2.45, 2.75) is 32.7 Å². The van der Waals surface area contributed by atoms with E-state index in [-0.39, 0.29) is 17.9 Å². The minimum Gasteiger partial charge on any atom is -0.337 e. The average molecular weight is 307 g/mol. The van der Waals surface area contributed by atoms with E-state index in [1.807, 2.05) is 4.90 Å². The monoisotopic (exact) mass is 307 g/mol. The van der Waals surface area contributed by atoms with Gasteiger partial charge in [0, 0.05) is 19.6 Å². The fraction of sp³-hybridized carbons (Fsp3) is 0.588. The van der Waals surface area contributed by atoms with Crippen LogP contribution in [-0.4, -0.2) is 48.6 Å². The van der Waals surface area contributed by atoms with Crippen molar-refractivity contribution < 1.29 is 9.18 Å². The van der Waals surface area contributed by atoms with Crippen molar-refractivity contribution in [1.82, 2.24) is 15.1 Å². The van der Waals surface area contributed by atoms with Gasteiger partial charge in [0.1, 0.15) is 5.82 Å². The molecule has 0 radical (unpaired) electrons. The summed E-state index contributed by atoms with van der Waals surface area (Å²) in [5, 5.41) is 3.01. The third kappa shape index (κ3) is 4.19. The van der Waals surface area contributed by atoms with Gasteiger partial charge in [-0.2, -0.15) is 0 Å². The Labute approximate surface area is 132 Å². The molecule has 1 aliphatic rings. The summed E-state index contributed by atoms with van der Waals surface area (Å²) < 4.78 is 13.0. The lowest BCUT2D eigenvalue weighted by molar-refractivity contribution is 0.190. The van der Waals surface area contributed by atoms with E-state index in [9.17, 15) is 9.18 Å². The van der Waals surface area contributed by atoms with Crippen LogP contribution in [0.1, 0.15) is 38.3 Å².